The van der Waals surface area contributed by atoms with E-state index >= 15 is 0 Å². The van der Waals surface area contributed by atoms with Gasteiger partial charge in [-0.15, -0.1) is 0 Å². The van der Waals surface area contributed by atoms with E-state index in [0.717, 1.165) is 11.1 Å². The molecule has 0 heterocycles. The van der Waals surface area contributed by atoms with Gasteiger partial charge < -0.3 is 5.32 Å². The largest absolute Gasteiger partial charge is 0.355 e. The van der Waals surface area contributed by atoms with Crippen molar-refractivity contribution in [2.75, 3.05) is 13.6 Å². The van der Waals surface area contributed by atoms with E-state index in [1.807, 2.05) is 12.1 Å². The van der Waals surface area contributed by atoms with Gasteiger partial charge in [-0.25, -0.2) is 17.5 Å². The van der Waals surface area contributed by atoms with Crippen molar-refractivity contribution in [3.63, 3.8) is 0 Å². The topological polar surface area (TPSA) is 75.3 Å². The van der Waals surface area contributed by atoms with E-state index in [9.17, 15) is 17.6 Å². The molecule has 0 aliphatic carbocycles. The quantitative estimate of drug-likeness (QED) is 0.760. The first-order valence-corrected chi connectivity index (χ1v) is 10.2. The van der Waals surface area contributed by atoms with E-state index in [1.54, 1.807) is 57.3 Å². The molecule has 0 fully saturated rings. The summed E-state index contributed by atoms with van der Waals surface area (Å²) in [5.41, 5.74) is 0.895. The number of nitrogens with one attached hydrogen (secondary N) is 2. The van der Waals surface area contributed by atoms with E-state index in [2.05, 4.69) is 10.0 Å². The highest BCUT2D eigenvalue weighted by Crippen LogP contribution is 2.28. The Morgan fingerprint density at radius 1 is 1.04 bits per heavy atom. The maximum absolute atomic E-state index is 15.0. The van der Waals surface area contributed by atoms with Crippen LogP contribution < -0.4 is 10.0 Å². The zero-order chi connectivity index (χ0) is 20.2. The van der Waals surface area contributed by atoms with Crippen molar-refractivity contribution in [2.24, 2.45) is 0 Å². The summed E-state index contributed by atoms with van der Waals surface area (Å²) in [6.07, 6.45) is 0. The molecule has 27 heavy (non-hydrogen) atoms. The minimum Gasteiger partial charge on any atom is -0.355 e. The molecule has 1 atom stereocenters. The number of alkyl halides is 1. The highest BCUT2D eigenvalue weighted by atomic mass is 32.2. The van der Waals surface area contributed by atoms with Crippen molar-refractivity contribution in [3.05, 3.63) is 59.7 Å². The lowest BCUT2D eigenvalue weighted by atomic mass is 9.95. The van der Waals surface area contributed by atoms with Crippen LogP contribution in [0, 0.1) is 0 Å². The van der Waals surface area contributed by atoms with Gasteiger partial charge in [-0.1, -0.05) is 36.4 Å². The summed E-state index contributed by atoms with van der Waals surface area (Å²) in [6, 6.07) is 13.9. The SMILES string of the molecule is CNC(=O)c1ccc(-c2ccc([C@](C)(F)CNS(=O)(=O)C(C)C)cc2)cc1. The Morgan fingerprint density at radius 3 is 1.96 bits per heavy atom. The average Bonchev–Trinajstić information content (AvgIpc) is 2.66. The maximum Gasteiger partial charge on any atom is 0.251 e. The summed E-state index contributed by atoms with van der Waals surface area (Å²) in [5.74, 6) is -0.158. The van der Waals surface area contributed by atoms with E-state index in [-0.39, 0.29) is 12.5 Å². The molecule has 0 saturated carbocycles. The number of sulfonamides is 1. The maximum atomic E-state index is 15.0. The van der Waals surface area contributed by atoms with E-state index in [1.165, 1.54) is 6.92 Å². The van der Waals surface area contributed by atoms with Crippen LogP contribution >= 0.6 is 0 Å². The van der Waals surface area contributed by atoms with Crippen molar-refractivity contribution < 1.29 is 17.6 Å². The molecule has 1 amide bonds. The van der Waals surface area contributed by atoms with E-state index in [4.69, 9.17) is 0 Å². The molecule has 7 heteroatoms. The number of amides is 1. The predicted octanol–water partition coefficient (Wildman–Crippen LogP) is 3.23. The minimum absolute atomic E-state index is 0.158. The van der Waals surface area contributed by atoms with Crippen LogP contribution in [0.1, 0.15) is 36.7 Å². The smallest absolute Gasteiger partial charge is 0.251 e. The number of rotatable bonds is 7. The van der Waals surface area contributed by atoms with Crippen molar-refractivity contribution >= 4 is 15.9 Å². The molecule has 2 N–H and O–H groups in total. The fourth-order valence-corrected chi connectivity index (χ4v) is 3.28. The second-order valence-electron chi connectivity index (χ2n) is 6.85. The van der Waals surface area contributed by atoms with Crippen molar-refractivity contribution in [1.82, 2.24) is 10.0 Å². The predicted molar refractivity (Wildman–Crippen MR) is 106 cm³/mol. The standard InChI is InChI=1S/C20H25FN2O3S/c1-14(2)27(25,26)23-13-20(3,21)18-11-9-16(10-12-18)15-5-7-17(8-6-15)19(24)22-4/h5-12,14,23H,13H2,1-4H3,(H,22,24)/t20-/m1/s1. The van der Waals surface area contributed by atoms with Crippen LogP contribution in [0.15, 0.2) is 48.5 Å². The number of benzene rings is 2. The van der Waals surface area contributed by atoms with Crippen molar-refractivity contribution in [3.8, 4) is 11.1 Å². The fraction of sp³-hybridized carbons (Fsp3) is 0.350. The van der Waals surface area contributed by atoms with Gasteiger partial charge in [0.25, 0.3) is 5.91 Å². The third-order valence-corrected chi connectivity index (χ3v) is 6.21. The first-order valence-electron chi connectivity index (χ1n) is 8.67. The van der Waals surface area contributed by atoms with Gasteiger partial charge in [0, 0.05) is 19.2 Å². The summed E-state index contributed by atoms with van der Waals surface area (Å²) in [5, 5.41) is 1.95. The van der Waals surface area contributed by atoms with Gasteiger partial charge in [0.2, 0.25) is 10.0 Å². The van der Waals surface area contributed by atoms with Gasteiger partial charge in [0.05, 0.1) is 5.25 Å². The first kappa shape index (κ1) is 21.1. The molecule has 5 nitrogen and oxygen atoms in total. The molecule has 0 saturated heterocycles. The lowest BCUT2D eigenvalue weighted by molar-refractivity contribution is 0.0963. The molecule has 0 aliphatic heterocycles. The summed E-state index contributed by atoms with van der Waals surface area (Å²) < 4.78 is 41.0. The normalized spacial score (nSPS) is 14.0. The van der Waals surface area contributed by atoms with Crippen molar-refractivity contribution in [2.45, 2.75) is 31.7 Å². The van der Waals surface area contributed by atoms with Crippen LogP contribution in [0.25, 0.3) is 11.1 Å². The molecule has 0 bridgehead atoms. The average molecular weight is 392 g/mol. The van der Waals surface area contributed by atoms with Crippen LogP contribution in [0.3, 0.4) is 0 Å². The lowest BCUT2D eigenvalue weighted by Crippen LogP contribution is -2.39. The first-order chi connectivity index (χ1) is 12.6. The van der Waals surface area contributed by atoms with Gasteiger partial charge >= 0.3 is 0 Å². The second-order valence-corrected chi connectivity index (χ2v) is 9.17. The highest BCUT2D eigenvalue weighted by Gasteiger charge is 2.28. The number of hydrogen-bond acceptors (Lipinski definition) is 3. The fourth-order valence-electron chi connectivity index (χ4n) is 2.47. The Balaban J connectivity index is 2.15. The highest BCUT2D eigenvalue weighted by molar-refractivity contribution is 7.90. The zero-order valence-corrected chi connectivity index (χ0v) is 16.7. The molecular weight excluding hydrogens is 367 g/mol. The van der Waals surface area contributed by atoms with Crippen LogP contribution in [-0.4, -0.2) is 33.2 Å². The molecule has 0 aromatic heterocycles. The molecule has 146 valence electrons. The van der Waals surface area contributed by atoms with Gasteiger partial charge in [0.15, 0.2) is 0 Å². The summed E-state index contributed by atoms with van der Waals surface area (Å²) in [4.78, 5) is 11.6. The summed E-state index contributed by atoms with van der Waals surface area (Å²) >= 11 is 0. The third kappa shape index (κ3) is 5.14. The Bertz CT molecular complexity index is 890. The molecule has 0 unspecified atom stereocenters. The molecule has 0 spiro atoms. The van der Waals surface area contributed by atoms with Gasteiger partial charge in [-0.2, -0.15) is 0 Å². The van der Waals surface area contributed by atoms with E-state index in [0.29, 0.717) is 11.1 Å². The molecule has 0 radical (unpaired) electrons. The van der Waals surface area contributed by atoms with Gasteiger partial charge in [-0.05, 0) is 49.6 Å². The Kier molecular flexibility index (Phi) is 6.38. The Labute approximate surface area is 160 Å². The number of halogens is 1. The van der Waals surface area contributed by atoms with Gasteiger partial charge in [-0.3, -0.25) is 4.79 Å². The van der Waals surface area contributed by atoms with Crippen molar-refractivity contribution in [1.29, 1.82) is 0 Å². The lowest BCUT2D eigenvalue weighted by Gasteiger charge is -2.22. The molecule has 2 aromatic carbocycles. The molecule has 0 aliphatic rings. The molecule has 2 aromatic rings. The second kappa shape index (κ2) is 8.19. The van der Waals surface area contributed by atoms with Gasteiger partial charge in [0.1, 0.15) is 5.67 Å². The van der Waals surface area contributed by atoms with Crippen LogP contribution in [0.2, 0.25) is 0 Å². The van der Waals surface area contributed by atoms with Crippen LogP contribution in [0.5, 0.6) is 0 Å². The molecule has 2 rings (SSSR count). The minimum atomic E-state index is -3.53. The Hall–Kier alpha value is -2.25. The Morgan fingerprint density at radius 2 is 1.52 bits per heavy atom. The molecular formula is C20H25FN2O3S. The van der Waals surface area contributed by atoms with Crippen LogP contribution in [0.4, 0.5) is 4.39 Å². The third-order valence-electron chi connectivity index (χ3n) is 4.42. The monoisotopic (exact) mass is 392 g/mol. The summed E-state index contributed by atoms with van der Waals surface area (Å²) in [6.45, 7) is 4.11. The summed E-state index contributed by atoms with van der Waals surface area (Å²) in [7, 11) is -1.95. The zero-order valence-electron chi connectivity index (χ0n) is 15.9. The number of carbonyl (C=O) groups excluding carboxylic acids is 1. The number of hydrogen-bond donors (Lipinski definition) is 2. The van der Waals surface area contributed by atoms with E-state index < -0.39 is 20.9 Å². The van der Waals surface area contributed by atoms with Crippen LogP contribution in [-0.2, 0) is 15.7 Å². The number of carbonyl (C=O) groups is 1.